The highest BCUT2D eigenvalue weighted by molar-refractivity contribution is 5.98. The summed E-state index contributed by atoms with van der Waals surface area (Å²) in [4.78, 5) is 27.2. The van der Waals surface area contributed by atoms with E-state index < -0.39 is 0 Å². The van der Waals surface area contributed by atoms with Gasteiger partial charge in [-0.15, -0.1) is 0 Å². The van der Waals surface area contributed by atoms with E-state index in [9.17, 15) is 9.59 Å². The van der Waals surface area contributed by atoms with Crippen molar-refractivity contribution in [2.24, 2.45) is 0 Å². The Morgan fingerprint density at radius 3 is 2.74 bits per heavy atom. The molecular weight excluding hydrogens is 240 g/mol. The Bertz CT molecular complexity index is 485. The van der Waals surface area contributed by atoms with E-state index in [1.165, 1.54) is 12.5 Å². The molecule has 1 aromatic rings. The molecule has 19 heavy (non-hydrogen) atoms. The summed E-state index contributed by atoms with van der Waals surface area (Å²) in [7, 11) is 0. The molecule has 1 heterocycles. The second kappa shape index (κ2) is 5.87. The number of benzene rings is 1. The van der Waals surface area contributed by atoms with Gasteiger partial charge < -0.3 is 9.80 Å². The van der Waals surface area contributed by atoms with Crippen LogP contribution in [0.15, 0.2) is 24.3 Å². The summed E-state index contributed by atoms with van der Waals surface area (Å²) in [5.41, 5.74) is 2.20. The van der Waals surface area contributed by atoms with E-state index >= 15 is 0 Å². The Morgan fingerprint density at radius 2 is 2.05 bits per heavy atom. The molecule has 0 radical (unpaired) electrons. The number of amides is 2. The molecule has 0 N–H and O–H groups in total. The van der Waals surface area contributed by atoms with Gasteiger partial charge in [-0.05, 0) is 24.5 Å². The van der Waals surface area contributed by atoms with Crippen LogP contribution in [-0.2, 0) is 16.0 Å². The van der Waals surface area contributed by atoms with Crippen molar-refractivity contribution in [1.82, 2.24) is 4.90 Å². The number of carbonyl (C=O) groups is 2. The number of anilines is 1. The van der Waals surface area contributed by atoms with Gasteiger partial charge in [-0.2, -0.15) is 0 Å². The van der Waals surface area contributed by atoms with E-state index in [4.69, 9.17) is 0 Å². The third-order valence-corrected chi connectivity index (χ3v) is 3.45. The number of nitrogens with zero attached hydrogens (tertiary/aromatic N) is 2. The quantitative estimate of drug-likeness (QED) is 0.828. The van der Waals surface area contributed by atoms with Crippen LogP contribution < -0.4 is 4.90 Å². The summed E-state index contributed by atoms with van der Waals surface area (Å²) in [6.45, 7) is 5.05. The Kier molecular flexibility index (Phi) is 4.20. The van der Waals surface area contributed by atoms with Crippen LogP contribution in [-0.4, -0.2) is 36.3 Å². The Labute approximate surface area is 114 Å². The number of rotatable bonds is 4. The van der Waals surface area contributed by atoms with Crippen LogP contribution in [0.1, 0.15) is 25.8 Å². The molecule has 0 saturated heterocycles. The number of para-hydroxylation sites is 1. The zero-order valence-corrected chi connectivity index (χ0v) is 11.6. The van der Waals surface area contributed by atoms with Crippen molar-refractivity contribution >= 4 is 17.5 Å². The molecule has 102 valence electrons. The summed E-state index contributed by atoms with van der Waals surface area (Å²) in [6, 6.07) is 7.96. The maximum atomic E-state index is 12.3. The fourth-order valence-corrected chi connectivity index (χ4v) is 2.46. The molecular formula is C15H20N2O2. The van der Waals surface area contributed by atoms with Gasteiger partial charge >= 0.3 is 0 Å². The Hall–Kier alpha value is -1.84. The summed E-state index contributed by atoms with van der Waals surface area (Å²) < 4.78 is 0. The van der Waals surface area contributed by atoms with Crippen LogP contribution in [0.5, 0.6) is 0 Å². The molecule has 1 aromatic carbocycles. The maximum Gasteiger partial charge on any atom is 0.246 e. The molecule has 0 bridgehead atoms. The number of fused-ring (bicyclic) bond motifs is 1. The molecule has 4 nitrogen and oxygen atoms in total. The van der Waals surface area contributed by atoms with Crippen molar-refractivity contribution in [3.05, 3.63) is 29.8 Å². The van der Waals surface area contributed by atoms with Crippen LogP contribution in [0.3, 0.4) is 0 Å². The fourth-order valence-electron chi connectivity index (χ4n) is 2.46. The van der Waals surface area contributed by atoms with Crippen molar-refractivity contribution < 1.29 is 9.59 Å². The summed E-state index contributed by atoms with van der Waals surface area (Å²) in [5, 5.41) is 0. The van der Waals surface area contributed by atoms with Gasteiger partial charge in [0.05, 0.1) is 0 Å². The molecule has 2 rings (SSSR count). The van der Waals surface area contributed by atoms with Crippen molar-refractivity contribution in [2.45, 2.75) is 26.7 Å². The normalized spacial score (nSPS) is 13.3. The number of carbonyl (C=O) groups excluding carboxylic acids is 2. The minimum atomic E-state index is -0.0392. The van der Waals surface area contributed by atoms with E-state index in [-0.39, 0.29) is 18.4 Å². The van der Waals surface area contributed by atoms with Gasteiger partial charge in [0.25, 0.3) is 0 Å². The Morgan fingerprint density at radius 1 is 1.32 bits per heavy atom. The average molecular weight is 260 g/mol. The first-order chi connectivity index (χ1) is 9.13. The number of hydrogen-bond donors (Lipinski definition) is 0. The van der Waals surface area contributed by atoms with Crippen LogP contribution in [0.4, 0.5) is 5.69 Å². The van der Waals surface area contributed by atoms with Crippen LogP contribution >= 0.6 is 0 Å². The first-order valence-corrected chi connectivity index (χ1v) is 6.77. The lowest BCUT2D eigenvalue weighted by Crippen LogP contribution is -2.42. The molecule has 0 unspecified atom stereocenters. The van der Waals surface area contributed by atoms with Gasteiger partial charge in [-0.25, -0.2) is 0 Å². The maximum absolute atomic E-state index is 12.3. The monoisotopic (exact) mass is 260 g/mol. The van der Waals surface area contributed by atoms with Crippen LogP contribution in [0.25, 0.3) is 0 Å². The second-order valence-corrected chi connectivity index (χ2v) is 4.86. The molecule has 0 fully saturated rings. The van der Waals surface area contributed by atoms with Gasteiger partial charge in [-0.3, -0.25) is 9.59 Å². The molecule has 0 atom stereocenters. The molecule has 2 amide bonds. The van der Waals surface area contributed by atoms with Gasteiger partial charge in [0.15, 0.2) is 0 Å². The highest BCUT2D eigenvalue weighted by Crippen LogP contribution is 2.27. The second-order valence-electron chi connectivity index (χ2n) is 4.86. The molecule has 1 aliphatic heterocycles. The number of hydrogen-bond acceptors (Lipinski definition) is 2. The first-order valence-electron chi connectivity index (χ1n) is 6.77. The predicted molar refractivity (Wildman–Crippen MR) is 75.0 cm³/mol. The van der Waals surface area contributed by atoms with Gasteiger partial charge in [-0.1, -0.05) is 25.1 Å². The van der Waals surface area contributed by atoms with E-state index in [0.717, 1.165) is 25.1 Å². The highest BCUT2D eigenvalue weighted by atomic mass is 16.2. The lowest BCUT2D eigenvalue weighted by atomic mass is 10.2. The van der Waals surface area contributed by atoms with Crippen molar-refractivity contribution in [3.63, 3.8) is 0 Å². The minimum absolute atomic E-state index is 0.00796. The SMILES string of the molecule is CCCN(CC(=O)N1CCc2ccccc21)C(C)=O. The van der Waals surface area contributed by atoms with Crippen LogP contribution in [0, 0.1) is 0 Å². The predicted octanol–water partition coefficient (Wildman–Crippen LogP) is 1.83. The van der Waals surface area contributed by atoms with Crippen LogP contribution in [0.2, 0.25) is 0 Å². The lowest BCUT2D eigenvalue weighted by molar-refractivity contribution is -0.133. The molecule has 0 aliphatic carbocycles. The summed E-state index contributed by atoms with van der Waals surface area (Å²) in [5.74, 6) is -0.0312. The van der Waals surface area contributed by atoms with Crippen molar-refractivity contribution in [3.8, 4) is 0 Å². The zero-order valence-electron chi connectivity index (χ0n) is 11.6. The van der Waals surface area contributed by atoms with Gasteiger partial charge in [0.1, 0.15) is 6.54 Å². The lowest BCUT2D eigenvalue weighted by Gasteiger charge is -2.24. The van der Waals surface area contributed by atoms with E-state index in [2.05, 4.69) is 6.07 Å². The van der Waals surface area contributed by atoms with E-state index in [1.807, 2.05) is 25.1 Å². The standard InChI is InChI=1S/C15H20N2O2/c1-3-9-16(12(2)18)11-15(19)17-10-8-13-6-4-5-7-14(13)17/h4-7H,3,8-11H2,1-2H3. The Balaban J connectivity index is 2.07. The third-order valence-electron chi connectivity index (χ3n) is 3.45. The van der Waals surface area contributed by atoms with Crippen molar-refractivity contribution in [2.75, 3.05) is 24.5 Å². The molecule has 0 saturated carbocycles. The van der Waals surface area contributed by atoms with Gasteiger partial charge in [0.2, 0.25) is 11.8 Å². The van der Waals surface area contributed by atoms with E-state index in [1.54, 1.807) is 9.80 Å². The van der Waals surface area contributed by atoms with E-state index in [0.29, 0.717) is 6.54 Å². The molecule has 4 heteroatoms. The first kappa shape index (κ1) is 13.6. The minimum Gasteiger partial charge on any atom is -0.334 e. The topological polar surface area (TPSA) is 40.6 Å². The largest absolute Gasteiger partial charge is 0.334 e. The molecule has 0 spiro atoms. The zero-order chi connectivity index (χ0) is 13.8. The molecule has 0 aromatic heterocycles. The fraction of sp³-hybridized carbons (Fsp3) is 0.467. The van der Waals surface area contributed by atoms with Crippen molar-refractivity contribution in [1.29, 1.82) is 0 Å². The third kappa shape index (κ3) is 2.95. The average Bonchev–Trinajstić information content (AvgIpc) is 2.81. The molecule has 1 aliphatic rings. The smallest absolute Gasteiger partial charge is 0.246 e. The summed E-state index contributed by atoms with van der Waals surface area (Å²) in [6.07, 6.45) is 1.76. The summed E-state index contributed by atoms with van der Waals surface area (Å²) >= 11 is 0. The van der Waals surface area contributed by atoms with Gasteiger partial charge in [0, 0.05) is 25.7 Å². The highest BCUT2D eigenvalue weighted by Gasteiger charge is 2.25.